The first kappa shape index (κ1) is 18.6. The van der Waals surface area contributed by atoms with Gasteiger partial charge < -0.3 is 13.8 Å². The van der Waals surface area contributed by atoms with Crippen LogP contribution >= 0.6 is 11.8 Å². The average Bonchev–Trinajstić information content (AvgIpc) is 3.24. The highest BCUT2D eigenvalue weighted by Crippen LogP contribution is 2.22. The number of nitrogens with zero attached hydrogens (tertiary/aromatic N) is 5. The van der Waals surface area contributed by atoms with E-state index in [1.165, 1.54) is 5.69 Å². The average molecular weight is 373 g/mol. The van der Waals surface area contributed by atoms with E-state index in [-0.39, 0.29) is 0 Å². The molecule has 0 unspecified atom stereocenters. The molecule has 0 spiro atoms. The molecule has 138 valence electrons. The van der Waals surface area contributed by atoms with Crippen molar-refractivity contribution in [2.24, 2.45) is 0 Å². The molecule has 3 heterocycles. The Bertz CT molecular complexity index is 831. The molecular weight excluding hydrogens is 350 g/mol. The van der Waals surface area contributed by atoms with Crippen molar-refractivity contribution >= 4 is 11.8 Å². The predicted molar refractivity (Wildman–Crippen MR) is 100 cm³/mol. The molecule has 8 heteroatoms. The van der Waals surface area contributed by atoms with Crippen LogP contribution in [0.5, 0.6) is 0 Å². The number of pyridine rings is 1. The molecule has 0 radical (unpaired) electrons. The fourth-order valence-electron chi connectivity index (χ4n) is 2.54. The molecule has 26 heavy (non-hydrogen) atoms. The Hall–Kier alpha value is -2.19. The summed E-state index contributed by atoms with van der Waals surface area (Å²) in [5, 5.41) is 5.08. The Labute approximate surface area is 157 Å². The lowest BCUT2D eigenvalue weighted by molar-refractivity contribution is 0.184. The number of ether oxygens (including phenoxy) is 1. The second-order valence-corrected chi connectivity index (χ2v) is 6.97. The van der Waals surface area contributed by atoms with Crippen LogP contribution in [-0.4, -0.2) is 44.1 Å². The van der Waals surface area contributed by atoms with Gasteiger partial charge in [0, 0.05) is 49.5 Å². The predicted octanol–water partition coefficient (Wildman–Crippen LogP) is 3.32. The first-order valence-electron chi connectivity index (χ1n) is 8.57. The topological polar surface area (TPSA) is 78.9 Å². The van der Waals surface area contributed by atoms with Crippen LogP contribution in [-0.2, 0) is 17.7 Å². The van der Waals surface area contributed by atoms with E-state index in [0.717, 1.165) is 41.6 Å². The summed E-state index contributed by atoms with van der Waals surface area (Å²) in [6, 6.07) is 3.74. The Morgan fingerprint density at radius 2 is 2.00 bits per heavy atom. The van der Waals surface area contributed by atoms with E-state index in [2.05, 4.69) is 31.6 Å². The zero-order valence-electron chi connectivity index (χ0n) is 15.3. The largest absolute Gasteiger partial charge is 0.383 e. The molecule has 0 saturated carbocycles. The highest BCUT2D eigenvalue weighted by molar-refractivity contribution is 7.99. The minimum atomic E-state index is 0.608. The summed E-state index contributed by atoms with van der Waals surface area (Å²) in [7, 11) is 1.72. The number of hydrogen-bond donors (Lipinski definition) is 0. The van der Waals surface area contributed by atoms with Crippen molar-refractivity contribution < 1.29 is 9.26 Å². The maximum absolute atomic E-state index is 5.34. The van der Waals surface area contributed by atoms with Gasteiger partial charge in [-0.05, 0) is 32.4 Å². The second-order valence-electron chi connectivity index (χ2n) is 5.91. The van der Waals surface area contributed by atoms with Crippen molar-refractivity contribution in [3.05, 3.63) is 41.8 Å². The van der Waals surface area contributed by atoms with Crippen LogP contribution in [0.25, 0.3) is 11.4 Å². The van der Waals surface area contributed by atoms with Crippen molar-refractivity contribution in [3.63, 3.8) is 0 Å². The summed E-state index contributed by atoms with van der Waals surface area (Å²) >= 11 is 1.75. The summed E-state index contributed by atoms with van der Waals surface area (Å²) in [6.07, 6.45) is 5.13. The van der Waals surface area contributed by atoms with Gasteiger partial charge in [-0.1, -0.05) is 16.9 Å². The SMILES string of the molecule is COCCn1c(SCCCc2nc(-c3ccncc3)no2)nc(C)c1C. The Morgan fingerprint density at radius 3 is 2.77 bits per heavy atom. The summed E-state index contributed by atoms with van der Waals surface area (Å²) in [4.78, 5) is 13.1. The molecule has 0 N–H and O–H groups in total. The van der Waals surface area contributed by atoms with E-state index in [1.54, 1.807) is 31.3 Å². The lowest BCUT2D eigenvalue weighted by Gasteiger charge is -2.08. The van der Waals surface area contributed by atoms with Gasteiger partial charge in [0.05, 0.1) is 12.3 Å². The molecule has 3 aromatic rings. The Morgan fingerprint density at radius 1 is 1.19 bits per heavy atom. The molecule has 0 aliphatic carbocycles. The van der Waals surface area contributed by atoms with E-state index in [1.807, 2.05) is 19.1 Å². The first-order valence-corrected chi connectivity index (χ1v) is 9.56. The Balaban J connectivity index is 1.52. The summed E-state index contributed by atoms with van der Waals surface area (Å²) in [5.41, 5.74) is 3.18. The van der Waals surface area contributed by atoms with Crippen molar-refractivity contribution in [1.29, 1.82) is 0 Å². The monoisotopic (exact) mass is 373 g/mol. The normalized spacial score (nSPS) is 11.2. The van der Waals surface area contributed by atoms with Gasteiger partial charge in [0.1, 0.15) is 0 Å². The molecular formula is C18H23N5O2S. The van der Waals surface area contributed by atoms with Crippen molar-refractivity contribution in [1.82, 2.24) is 24.7 Å². The molecule has 0 saturated heterocycles. The molecule has 0 fully saturated rings. The third-order valence-corrected chi connectivity index (χ3v) is 5.18. The molecule has 0 aliphatic rings. The van der Waals surface area contributed by atoms with Crippen molar-refractivity contribution in [2.45, 2.75) is 38.4 Å². The number of methoxy groups -OCH3 is 1. The lowest BCUT2D eigenvalue weighted by atomic mass is 10.2. The van der Waals surface area contributed by atoms with Crippen LogP contribution in [0.4, 0.5) is 0 Å². The molecule has 0 aromatic carbocycles. The van der Waals surface area contributed by atoms with Crippen LogP contribution in [0.3, 0.4) is 0 Å². The summed E-state index contributed by atoms with van der Waals surface area (Å²) < 4.78 is 12.8. The van der Waals surface area contributed by atoms with E-state index in [0.29, 0.717) is 18.3 Å². The molecule has 7 nitrogen and oxygen atoms in total. The number of imidazole rings is 1. The maximum atomic E-state index is 5.34. The lowest BCUT2D eigenvalue weighted by Crippen LogP contribution is -2.07. The standard InChI is InChI=1S/C18H23N5O2S/c1-13-14(2)23(10-11-24-3)18(20-13)26-12-4-5-16-21-17(22-25-16)15-6-8-19-9-7-15/h6-9H,4-5,10-12H2,1-3H3. The molecule has 0 amide bonds. The number of thioether (sulfide) groups is 1. The number of rotatable bonds is 9. The third-order valence-electron chi connectivity index (χ3n) is 4.11. The highest BCUT2D eigenvalue weighted by Gasteiger charge is 2.12. The van der Waals surface area contributed by atoms with Crippen LogP contribution in [0, 0.1) is 13.8 Å². The van der Waals surface area contributed by atoms with Crippen molar-refractivity contribution in [3.8, 4) is 11.4 Å². The minimum Gasteiger partial charge on any atom is -0.383 e. The zero-order chi connectivity index (χ0) is 18.4. The fraction of sp³-hybridized carbons (Fsp3) is 0.444. The van der Waals surface area contributed by atoms with E-state index in [4.69, 9.17) is 9.26 Å². The van der Waals surface area contributed by atoms with E-state index in [9.17, 15) is 0 Å². The first-order chi connectivity index (χ1) is 12.7. The van der Waals surface area contributed by atoms with Crippen LogP contribution in [0.2, 0.25) is 0 Å². The van der Waals surface area contributed by atoms with Gasteiger partial charge in [0.2, 0.25) is 11.7 Å². The van der Waals surface area contributed by atoms with Gasteiger partial charge in [-0.25, -0.2) is 4.98 Å². The van der Waals surface area contributed by atoms with Crippen LogP contribution in [0.1, 0.15) is 23.7 Å². The second kappa shape index (κ2) is 8.95. The van der Waals surface area contributed by atoms with Gasteiger partial charge >= 0.3 is 0 Å². The highest BCUT2D eigenvalue weighted by atomic mass is 32.2. The van der Waals surface area contributed by atoms with E-state index >= 15 is 0 Å². The van der Waals surface area contributed by atoms with Gasteiger partial charge in [-0.3, -0.25) is 4.98 Å². The fourth-order valence-corrected chi connectivity index (χ4v) is 3.60. The third kappa shape index (κ3) is 4.50. The molecule has 3 rings (SSSR count). The van der Waals surface area contributed by atoms with Gasteiger partial charge in [-0.15, -0.1) is 0 Å². The minimum absolute atomic E-state index is 0.608. The smallest absolute Gasteiger partial charge is 0.226 e. The molecule has 0 bridgehead atoms. The van der Waals surface area contributed by atoms with Gasteiger partial charge in [0.15, 0.2) is 5.16 Å². The number of hydrogen-bond acceptors (Lipinski definition) is 7. The van der Waals surface area contributed by atoms with Crippen LogP contribution < -0.4 is 0 Å². The van der Waals surface area contributed by atoms with Crippen molar-refractivity contribution in [2.75, 3.05) is 19.5 Å². The summed E-state index contributed by atoms with van der Waals surface area (Å²) in [5.74, 6) is 2.21. The quantitative estimate of drug-likeness (QED) is 0.420. The maximum Gasteiger partial charge on any atom is 0.226 e. The number of aryl methyl sites for hydroxylation is 2. The molecule has 3 aromatic heterocycles. The van der Waals surface area contributed by atoms with E-state index < -0.39 is 0 Å². The summed E-state index contributed by atoms with van der Waals surface area (Å²) in [6.45, 7) is 5.65. The van der Waals surface area contributed by atoms with Gasteiger partial charge in [0.25, 0.3) is 0 Å². The van der Waals surface area contributed by atoms with Crippen LogP contribution in [0.15, 0.2) is 34.2 Å². The number of aromatic nitrogens is 5. The molecule has 0 aliphatic heterocycles. The molecule has 0 atom stereocenters. The Kier molecular flexibility index (Phi) is 6.40. The van der Waals surface area contributed by atoms with Gasteiger partial charge in [-0.2, -0.15) is 4.98 Å². The zero-order valence-corrected chi connectivity index (χ0v) is 16.1.